The summed E-state index contributed by atoms with van der Waals surface area (Å²) in [6.07, 6.45) is 3.95. The molecule has 6 nitrogen and oxygen atoms in total. The molecule has 0 saturated carbocycles. The van der Waals surface area contributed by atoms with E-state index in [0.29, 0.717) is 0 Å². The number of amides is 1. The van der Waals surface area contributed by atoms with Crippen molar-refractivity contribution in [3.63, 3.8) is 0 Å². The maximum Gasteiger partial charge on any atom is 0.245 e. The zero-order valence-electron chi connectivity index (χ0n) is 9.60. The van der Waals surface area contributed by atoms with Gasteiger partial charge in [-0.05, 0) is 26.8 Å². The highest BCUT2D eigenvalue weighted by Gasteiger charge is 2.31. The summed E-state index contributed by atoms with van der Waals surface area (Å²) < 4.78 is 1.56. The number of nitrogens with zero attached hydrogens (tertiary/aromatic N) is 3. The second-order valence-electron chi connectivity index (χ2n) is 4.53. The molecular formula is C10H17N5O. The minimum atomic E-state index is -0.320. The molecule has 2 atom stereocenters. The largest absolute Gasteiger partial charge is 0.348 e. The van der Waals surface area contributed by atoms with Crippen LogP contribution in [0.25, 0.3) is 0 Å². The molecule has 2 unspecified atom stereocenters. The van der Waals surface area contributed by atoms with Gasteiger partial charge in [-0.2, -0.15) is 5.10 Å². The molecule has 1 aliphatic heterocycles. The fourth-order valence-electron chi connectivity index (χ4n) is 1.86. The van der Waals surface area contributed by atoms with Gasteiger partial charge in [0.1, 0.15) is 18.7 Å². The number of carbonyl (C=O) groups excluding carboxylic acids is 1. The highest BCUT2D eigenvalue weighted by atomic mass is 16.2. The Labute approximate surface area is 94.4 Å². The van der Waals surface area contributed by atoms with Gasteiger partial charge in [0, 0.05) is 6.54 Å². The minimum Gasteiger partial charge on any atom is -0.348 e. The minimum absolute atomic E-state index is 0.0169. The Hall–Kier alpha value is -1.43. The Morgan fingerprint density at radius 2 is 2.50 bits per heavy atom. The molecule has 1 aromatic heterocycles. The zero-order valence-corrected chi connectivity index (χ0v) is 9.60. The lowest BCUT2D eigenvalue weighted by atomic mass is 10.0. The van der Waals surface area contributed by atoms with Crippen LogP contribution >= 0.6 is 0 Å². The molecule has 6 heteroatoms. The van der Waals surface area contributed by atoms with E-state index in [-0.39, 0.29) is 17.5 Å². The molecule has 1 fully saturated rings. The van der Waals surface area contributed by atoms with E-state index < -0.39 is 0 Å². The van der Waals surface area contributed by atoms with Gasteiger partial charge < -0.3 is 10.6 Å². The molecule has 0 aliphatic carbocycles. The molecule has 2 heterocycles. The van der Waals surface area contributed by atoms with Gasteiger partial charge in [0.15, 0.2) is 0 Å². The van der Waals surface area contributed by atoms with Crippen LogP contribution < -0.4 is 10.6 Å². The maximum absolute atomic E-state index is 12.0. The lowest BCUT2D eigenvalue weighted by Gasteiger charge is -2.26. The standard InChI is InChI=1S/C10H17N5O/c1-8(15-7-12-6-13-15)9(16)14-10(2)3-4-11-5-10/h6-8,11H,3-5H2,1-2H3,(H,14,16). The molecule has 0 bridgehead atoms. The SMILES string of the molecule is CC(C(=O)NC1(C)CCNC1)n1cncn1. The smallest absolute Gasteiger partial charge is 0.245 e. The van der Waals surface area contributed by atoms with Crippen molar-refractivity contribution in [2.24, 2.45) is 0 Å². The summed E-state index contributed by atoms with van der Waals surface area (Å²) in [6.45, 7) is 5.64. The molecule has 2 rings (SSSR count). The first-order valence-corrected chi connectivity index (χ1v) is 5.48. The van der Waals surface area contributed by atoms with Gasteiger partial charge in [-0.1, -0.05) is 0 Å². The van der Waals surface area contributed by atoms with Gasteiger partial charge in [-0.25, -0.2) is 9.67 Å². The molecule has 1 saturated heterocycles. The van der Waals surface area contributed by atoms with E-state index in [1.807, 2.05) is 6.92 Å². The Morgan fingerprint density at radius 1 is 1.69 bits per heavy atom. The number of aromatic nitrogens is 3. The molecule has 2 N–H and O–H groups in total. The molecule has 88 valence electrons. The maximum atomic E-state index is 12.0. The third-order valence-corrected chi connectivity index (χ3v) is 3.01. The summed E-state index contributed by atoms with van der Waals surface area (Å²) in [7, 11) is 0. The van der Waals surface area contributed by atoms with Gasteiger partial charge in [0.25, 0.3) is 0 Å². The number of hydrogen-bond acceptors (Lipinski definition) is 4. The monoisotopic (exact) mass is 223 g/mol. The third-order valence-electron chi connectivity index (χ3n) is 3.01. The van der Waals surface area contributed by atoms with Crippen LogP contribution in [0.15, 0.2) is 12.7 Å². The first-order chi connectivity index (χ1) is 7.61. The highest BCUT2D eigenvalue weighted by Crippen LogP contribution is 2.15. The van der Waals surface area contributed by atoms with E-state index in [1.165, 1.54) is 6.33 Å². The van der Waals surface area contributed by atoms with Crippen molar-refractivity contribution in [1.82, 2.24) is 25.4 Å². The van der Waals surface area contributed by atoms with Crippen LogP contribution in [0, 0.1) is 0 Å². The van der Waals surface area contributed by atoms with Crippen LogP contribution in [0.1, 0.15) is 26.3 Å². The summed E-state index contributed by atoms with van der Waals surface area (Å²) in [4.78, 5) is 15.8. The van der Waals surface area contributed by atoms with Crippen LogP contribution in [-0.4, -0.2) is 39.3 Å². The Kier molecular flexibility index (Phi) is 2.91. The van der Waals surface area contributed by atoms with E-state index in [2.05, 4.69) is 27.6 Å². The highest BCUT2D eigenvalue weighted by molar-refractivity contribution is 5.80. The summed E-state index contributed by atoms with van der Waals surface area (Å²) in [5.74, 6) is -0.0169. The number of nitrogens with one attached hydrogen (secondary N) is 2. The predicted molar refractivity (Wildman–Crippen MR) is 58.8 cm³/mol. The van der Waals surface area contributed by atoms with Crippen molar-refractivity contribution in [2.45, 2.75) is 31.8 Å². The molecule has 0 spiro atoms. The van der Waals surface area contributed by atoms with Gasteiger partial charge in [-0.15, -0.1) is 0 Å². The lowest BCUT2D eigenvalue weighted by Crippen LogP contribution is -2.49. The normalized spacial score (nSPS) is 26.6. The summed E-state index contributed by atoms with van der Waals surface area (Å²) in [5, 5.41) is 10.3. The Bertz CT molecular complexity index is 355. The fraction of sp³-hybridized carbons (Fsp3) is 0.700. The summed E-state index contributed by atoms with van der Waals surface area (Å²) in [5.41, 5.74) is -0.133. The van der Waals surface area contributed by atoms with Crippen molar-refractivity contribution in [1.29, 1.82) is 0 Å². The second kappa shape index (κ2) is 4.21. The van der Waals surface area contributed by atoms with Crippen LogP contribution in [0.2, 0.25) is 0 Å². The topological polar surface area (TPSA) is 71.8 Å². The van der Waals surface area contributed by atoms with Crippen LogP contribution in [-0.2, 0) is 4.79 Å². The number of rotatable bonds is 3. The Morgan fingerprint density at radius 3 is 3.06 bits per heavy atom. The van der Waals surface area contributed by atoms with Crippen molar-refractivity contribution >= 4 is 5.91 Å². The second-order valence-corrected chi connectivity index (χ2v) is 4.53. The Balaban J connectivity index is 1.98. The summed E-state index contributed by atoms with van der Waals surface area (Å²) >= 11 is 0. The van der Waals surface area contributed by atoms with Gasteiger partial charge in [0.2, 0.25) is 5.91 Å². The van der Waals surface area contributed by atoms with Gasteiger partial charge in [0.05, 0.1) is 5.54 Å². The predicted octanol–water partition coefficient (Wildman–Crippen LogP) is -0.293. The first-order valence-electron chi connectivity index (χ1n) is 5.48. The molecule has 1 aromatic rings. The first kappa shape index (κ1) is 11.1. The van der Waals surface area contributed by atoms with Gasteiger partial charge >= 0.3 is 0 Å². The van der Waals surface area contributed by atoms with Crippen LogP contribution in [0.5, 0.6) is 0 Å². The molecule has 1 aliphatic rings. The quantitative estimate of drug-likeness (QED) is 0.738. The van der Waals surface area contributed by atoms with Crippen molar-refractivity contribution in [3.8, 4) is 0 Å². The van der Waals surface area contributed by atoms with Crippen LogP contribution in [0.3, 0.4) is 0 Å². The van der Waals surface area contributed by atoms with Gasteiger partial charge in [-0.3, -0.25) is 4.79 Å². The number of carbonyl (C=O) groups is 1. The third kappa shape index (κ3) is 2.21. The average Bonchev–Trinajstić information content (AvgIpc) is 2.87. The number of hydrogen-bond donors (Lipinski definition) is 2. The molecule has 0 aromatic carbocycles. The molecule has 0 radical (unpaired) electrons. The van der Waals surface area contributed by atoms with E-state index >= 15 is 0 Å². The van der Waals surface area contributed by atoms with Crippen molar-refractivity contribution < 1.29 is 4.79 Å². The molecule has 1 amide bonds. The van der Waals surface area contributed by atoms with E-state index in [9.17, 15) is 4.79 Å². The summed E-state index contributed by atoms with van der Waals surface area (Å²) in [6, 6.07) is -0.320. The van der Waals surface area contributed by atoms with Crippen molar-refractivity contribution in [3.05, 3.63) is 12.7 Å². The van der Waals surface area contributed by atoms with Crippen molar-refractivity contribution in [2.75, 3.05) is 13.1 Å². The fourth-order valence-corrected chi connectivity index (χ4v) is 1.86. The van der Waals surface area contributed by atoms with E-state index in [1.54, 1.807) is 11.0 Å². The van der Waals surface area contributed by atoms with Crippen LogP contribution in [0.4, 0.5) is 0 Å². The molecule has 16 heavy (non-hydrogen) atoms. The lowest BCUT2D eigenvalue weighted by molar-refractivity contribution is -0.125. The van der Waals surface area contributed by atoms with E-state index in [4.69, 9.17) is 0 Å². The van der Waals surface area contributed by atoms with E-state index in [0.717, 1.165) is 19.5 Å². The molecular weight excluding hydrogens is 206 g/mol. The average molecular weight is 223 g/mol. The zero-order chi connectivity index (χ0) is 11.6.